The molecule has 0 saturated heterocycles. The molecule has 0 fully saturated rings. The van der Waals surface area contributed by atoms with Crippen LogP contribution in [0.3, 0.4) is 0 Å². The molecule has 0 aliphatic rings. The number of benzene rings is 26. The van der Waals surface area contributed by atoms with E-state index in [2.05, 4.69) is 472 Å². The summed E-state index contributed by atoms with van der Waals surface area (Å²) in [7, 11) is 0. The molecule has 6 heterocycles. The SMILES string of the molecule is c1cc(-c2c3ccccc3c(-c3ccc4oc5cc6ccccc6cc5c4c3)c3ccccc23)cc(-n2c3ccccc3c3ccccc32)c1.c1ccc2cc3c(cc2c1)oc1ccc(-c2c4ccccc4c(-c4ccc(-c5ccc6oc7ccccc7c6c5)cc4)c4ccccc24)cc13.c1ccc2cc3c(cc2c1)oc1ccc(-c2c4ccccc4c(-c4ccc5oc6ccccc6c5c4)c4ccccc24)cc13. The van der Waals surface area contributed by atoms with Gasteiger partial charge in [-0.15, -0.1) is 0 Å². The number of fused-ring (bicyclic) bond motifs is 27. The quantitative estimate of drug-likeness (QED) is 0.142. The summed E-state index contributed by atoms with van der Waals surface area (Å²) >= 11 is 0. The summed E-state index contributed by atoms with van der Waals surface area (Å²) in [6.07, 6.45) is 0. The number of hydrogen-bond donors (Lipinski definition) is 0. The van der Waals surface area contributed by atoms with Gasteiger partial charge in [0.25, 0.3) is 0 Å². The highest BCUT2D eigenvalue weighted by molar-refractivity contribution is 6.28. The highest BCUT2D eigenvalue weighted by Gasteiger charge is 2.26. The number of rotatable bonds is 8. The van der Waals surface area contributed by atoms with E-state index in [9.17, 15) is 0 Å². The Balaban J connectivity index is 0.000000101. The van der Waals surface area contributed by atoms with Gasteiger partial charge >= 0.3 is 0 Å². The van der Waals surface area contributed by atoms with E-state index in [4.69, 9.17) is 22.1 Å². The number of nitrogens with zero attached hydrogens (tertiary/aromatic N) is 1. The molecule has 32 rings (SSSR count). The van der Waals surface area contributed by atoms with Gasteiger partial charge in [0.1, 0.15) is 55.8 Å². The molecule has 668 valence electrons. The molecule has 0 spiro atoms. The Labute approximate surface area is 824 Å². The van der Waals surface area contributed by atoms with Crippen LogP contribution in [-0.4, -0.2) is 4.57 Å². The Morgan fingerprint density at radius 2 is 0.319 bits per heavy atom. The first-order chi connectivity index (χ1) is 71.4. The third-order valence-corrected chi connectivity index (χ3v) is 30.2. The second-order valence-electron chi connectivity index (χ2n) is 38.2. The molecule has 32 aromatic rings. The van der Waals surface area contributed by atoms with E-state index in [0.29, 0.717) is 0 Å². The van der Waals surface area contributed by atoms with E-state index < -0.39 is 0 Å². The predicted molar refractivity (Wildman–Crippen MR) is 606 cm³/mol. The van der Waals surface area contributed by atoms with Gasteiger partial charge in [0.2, 0.25) is 0 Å². The van der Waals surface area contributed by atoms with Crippen molar-refractivity contribution in [1.29, 1.82) is 0 Å². The standard InChI is InChI=1S/C48H29NO.C48H28O2.C42H24O2/c1-2-13-31-29-46-42(27-30(31)12-1)41-28-33(24-25-45(41)50-46)48-39-20-5-3-18-37(39)47(38-19-4-6-21-40(38)48)32-14-11-15-34(26-32)49-43-22-9-7-16-35(43)36-17-8-10-23-44(36)49;1-2-10-32-28-46-42(25-31(32)9-1)41-27-34(22-24-45(41)50-46)48-38-14-5-3-12-36(38)47(37-13-4-6-15-39(37)48)30-19-17-29(18-20-30)33-21-23-44-40(26-33)35-11-7-8-16-43(35)49-44;1-2-10-26-24-40-36(21-25(26)9-1)35-23-28(18-20-39(35)44-40)42-32-14-5-3-12-30(32)41(31-13-4-6-15-33(31)42)27-17-19-38-34(22-27)29-11-7-8-16-37(29)43-38/h1-29H;1-28H;1-24H. The van der Waals surface area contributed by atoms with Crippen LogP contribution >= 0.6 is 0 Å². The lowest BCUT2D eigenvalue weighted by Gasteiger charge is -2.18. The summed E-state index contributed by atoms with van der Waals surface area (Å²) in [4.78, 5) is 0. The average Bonchev–Trinajstić information content (AvgIpc) is 0.779. The smallest absolute Gasteiger partial charge is 0.136 e. The molecule has 6 aromatic heterocycles. The molecule has 0 bridgehead atoms. The lowest BCUT2D eigenvalue weighted by atomic mass is 9.85. The van der Waals surface area contributed by atoms with E-state index in [-0.39, 0.29) is 0 Å². The van der Waals surface area contributed by atoms with E-state index in [1.165, 1.54) is 197 Å². The third-order valence-electron chi connectivity index (χ3n) is 30.2. The van der Waals surface area contributed by atoms with Crippen LogP contribution < -0.4 is 0 Å². The Kier molecular flexibility index (Phi) is 18.1. The minimum atomic E-state index is 0.907. The first kappa shape index (κ1) is 80.9. The van der Waals surface area contributed by atoms with Crippen LogP contribution in [0.4, 0.5) is 0 Å². The number of para-hydroxylation sites is 4. The molecule has 0 aliphatic carbocycles. The second-order valence-corrected chi connectivity index (χ2v) is 38.2. The number of furan rings is 5. The van der Waals surface area contributed by atoms with Crippen LogP contribution in [0.2, 0.25) is 0 Å². The molecular weight excluding hydrogens is 1750 g/mol. The van der Waals surface area contributed by atoms with Crippen molar-refractivity contribution >= 4 is 228 Å². The van der Waals surface area contributed by atoms with Gasteiger partial charge in [-0.25, -0.2) is 0 Å². The topological polar surface area (TPSA) is 70.6 Å². The highest BCUT2D eigenvalue weighted by atomic mass is 16.3. The van der Waals surface area contributed by atoms with E-state index >= 15 is 0 Å². The maximum atomic E-state index is 6.40. The van der Waals surface area contributed by atoms with Crippen LogP contribution in [-0.2, 0) is 0 Å². The fourth-order valence-electron chi connectivity index (χ4n) is 23.7. The lowest BCUT2D eigenvalue weighted by molar-refractivity contribution is 0.668. The molecule has 0 saturated carbocycles. The van der Waals surface area contributed by atoms with Crippen LogP contribution in [0.1, 0.15) is 0 Å². The van der Waals surface area contributed by atoms with E-state index in [0.717, 1.165) is 115 Å². The molecule has 0 radical (unpaired) electrons. The average molecular weight is 1830 g/mol. The first-order valence-electron chi connectivity index (χ1n) is 49.3. The zero-order chi connectivity index (χ0) is 94.3. The van der Waals surface area contributed by atoms with Crippen LogP contribution in [0.5, 0.6) is 0 Å². The molecule has 0 atom stereocenters. The monoisotopic (exact) mass is 1830 g/mol. The Hall–Kier alpha value is -19.1. The molecule has 144 heavy (non-hydrogen) atoms. The normalized spacial score (nSPS) is 12.0. The first-order valence-corrected chi connectivity index (χ1v) is 49.3. The molecule has 6 heteroatoms. The molecular formula is C138H81NO5. The molecule has 0 unspecified atom stereocenters. The molecule has 0 aliphatic heterocycles. The maximum absolute atomic E-state index is 6.40. The van der Waals surface area contributed by atoms with Crippen LogP contribution in [0, 0.1) is 0 Å². The largest absolute Gasteiger partial charge is 0.456 e. The van der Waals surface area contributed by atoms with E-state index in [1.54, 1.807) is 0 Å². The Bertz CT molecular complexity index is 10800. The van der Waals surface area contributed by atoms with Gasteiger partial charge < -0.3 is 26.7 Å². The van der Waals surface area contributed by atoms with Crippen molar-refractivity contribution in [2.75, 3.05) is 0 Å². The highest BCUT2D eigenvalue weighted by Crippen LogP contribution is 2.52. The van der Waals surface area contributed by atoms with Crippen LogP contribution in [0.25, 0.3) is 312 Å². The van der Waals surface area contributed by atoms with Crippen molar-refractivity contribution in [3.05, 3.63) is 491 Å². The second kappa shape index (κ2) is 32.2. The van der Waals surface area contributed by atoms with Gasteiger partial charge in [-0.05, 0) is 308 Å². The van der Waals surface area contributed by atoms with Gasteiger partial charge in [-0.3, -0.25) is 0 Å². The summed E-state index contributed by atoms with van der Waals surface area (Å²) in [6.45, 7) is 0. The van der Waals surface area contributed by atoms with Crippen molar-refractivity contribution in [1.82, 2.24) is 4.57 Å². The Morgan fingerprint density at radius 1 is 0.111 bits per heavy atom. The van der Waals surface area contributed by atoms with Gasteiger partial charge in [0, 0.05) is 70.3 Å². The van der Waals surface area contributed by atoms with Gasteiger partial charge in [-0.2, -0.15) is 0 Å². The molecule has 0 amide bonds. The summed E-state index contributed by atoms with van der Waals surface area (Å²) in [6, 6.07) is 177. The predicted octanol–water partition coefficient (Wildman–Crippen LogP) is 39.7. The van der Waals surface area contributed by atoms with Crippen molar-refractivity contribution < 1.29 is 22.1 Å². The third kappa shape index (κ3) is 12.8. The molecule has 26 aromatic carbocycles. The fraction of sp³-hybridized carbons (Fsp3) is 0. The van der Waals surface area contributed by atoms with Gasteiger partial charge in [0.15, 0.2) is 0 Å². The zero-order valence-corrected chi connectivity index (χ0v) is 77.8. The lowest BCUT2D eigenvalue weighted by Crippen LogP contribution is -1.95. The number of hydrogen-bond acceptors (Lipinski definition) is 5. The van der Waals surface area contributed by atoms with Crippen molar-refractivity contribution in [2.24, 2.45) is 0 Å². The molecule has 0 N–H and O–H groups in total. The summed E-state index contributed by atoms with van der Waals surface area (Å²) in [5.74, 6) is 0. The van der Waals surface area contributed by atoms with E-state index in [1.807, 2.05) is 24.3 Å². The van der Waals surface area contributed by atoms with Crippen molar-refractivity contribution in [3.8, 4) is 83.6 Å². The van der Waals surface area contributed by atoms with Crippen molar-refractivity contribution in [3.63, 3.8) is 0 Å². The Morgan fingerprint density at radius 3 is 0.639 bits per heavy atom. The van der Waals surface area contributed by atoms with Gasteiger partial charge in [0.05, 0.1) is 11.0 Å². The maximum Gasteiger partial charge on any atom is 0.136 e. The van der Waals surface area contributed by atoms with Gasteiger partial charge in [-0.1, -0.05) is 358 Å². The summed E-state index contributed by atoms with van der Waals surface area (Å²) < 4.78 is 33.8. The minimum absolute atomic E-state index is 0.907. The summed E-state index contributed by atoms with van der Waals surface area (Å²) in [5.41, 5.74) is 29.7. The fourth-order valence-corrected chi connectivity index (χ4v) is 23.7. The molecule has 6 nitrogen and oxygen atoms in total. The zero-order valence-electron chi connectivity index (χ0n) is 77.8. The van der Waals surface area contributed by atoms with Crippen molar-refractivity contribution in [2.45, 2.75) is 0 Å². The number of aromatic nitrogens is 1. The minimum Gasteiger partial charge on any atom is -0.456 e. The van der Waals surface area contributed by atoms with Crippen LogP contribution in [0.15, 0.2) is 513 Å². The summed E-state index contributed by atoms with van der Waals surface area (Å²) in [5, 5.41) is 36.0.